The summed E-state index contributed by atoms with van der Waals surface area (Å²) in [7, 11) is 1.93. The highest BCUT2D eigenvalue weighted by atomic mass is 16.2. The molecule has 0 unspecified atom stereocenters. The third kappa shape index (κ3) is 17.1. The molecule has 3 rings (SSSR count). The van der Waals surface area contributed by atoms with E-state index in [-0.39, 0.29) is 12.0 Å². The van der Waals surface area contributed by atoms with Gasteiger partial charge in [-0.2, -0.15) is 0 Å². The molecular formula is C35H60N2O. The number of aliphatic hydroxyl groups excluding tert-OH is 1. The molecule has 0 saturated heterocycles. The summed E-state index contributed by atoms with van der Waals surface area (Å²) in [5.74, 6) is 0. The van der Waals surface area contributed by atoms with Crippen LogP contribution < -0.4 is 10.6 Å². The monoisotopic (exact) mass is 524 g/mol. The van der Waals surface area contributed by atoms with Crippen molar-refractivity contribution in [2.45, 2.75) is 98.8 Å². The molecular weight excluding hydrogens is 464 g/mol. The lowest BCUT2D eigenvalue weighted by molar-refractivity contribution is 0.290. The van der Waals surface area contributed by atoms with E-state index in [0.29, 0.717) is 0 Å². The van der Waals surface area contributed by atoms with Crippen LogP contribution in [0.1, 0.15) is 104 Å². The van der Waals surface area contributed by atoms with Gasteiger partial charge < -0.3 is 15.7 Å². The zero-order chi connectivity index (χ0) is 29.7. The fourth-order valence-corrected chi connectivity index (χ4v) is 4.08. The fourth-order valence-electron chi connectivity index (χ4n) is 4.08. The third-order valence-electron chi connectivity index (χ3n) is 5.91. The molecule has 38 heavy (non-hydrogen) atoms. The van der Waals surface area contributed by atoms with Crippen LogP contribution >= 0.6 is 0 Å². The summed E-state index contributed by atoms with van der Waals surface area (Å²) in [6.07, 6.45) is 16.9. The van der Waals surface area contributed by atoms with Crippen molar-refractivity contribution in [3.63, 3.8) is 0 Å². The lowest BCUT2D eigenvalue weighted by Gasteiger charge is -2.38. The van der Waals surface area contributed by atoms with Gasteiger partial charge in [0.2, 0.25) is 0 Å². The number of aliphatic hydroxyl groups is 1. The van der Waals surface area contributed by atoms with Gasteiger partial charge in [0.15, 0.2) is 0 Å². The quantitative estimate of drug-likeness (QED) is 0.318. The number of rotatable bonds is 7. The molecule has 0 aromatic heterocycles. The van der Waals surface area contributed by atoms with Gasteiger partial charge in [0.05, 0.1) is 0 Å². The first-order valence-corrected chi connectivity index (χ1v) is 14.6. The summed E-state index contributed by atoms with van der Waals surface area (Å²) in [6, 6.07) is 19.7. The number of aryl methyl sites for hydroxylation is 1. The van der Waals surface area contributed by atoms with E-state index in [1.807, 2.05) is 20.9 Å². The normalized spacial score (nSPS) is 12.4. The van der Waals surface area contributed by atoms with Gasteiger partial charge in [0, 0.05) is 29.8 Å². The van der Waals surface area contributed by atoms with Crippen LogP contribution in [0.3, 0.4) is 0 Å². The van der Waals surface area contributed by atoms with Gasteiger partial charge in [-0.15, -0.1) is 12.8 Å². The third-order valence-corrected chi connectivity index (χ3v) is 5.91. The van der Waals surface area contributed by atoms with E-state index >= 15 is 0 Å². The van der Waals surface area contributed by atoms with Crippen molar-refractivity contribution >= 4 is 5.70 Å². The predicted molar refractivity (Wildman–Crippen MR) is 174 cm³/mol. The van der Waals surface area contributed by atoms with Crippen LogP contribution in [0.15, 0.2) is 61.2 Å². The molecule has 0 aliphatic heterocycles. The molecule has 0 spiro atoms. The second-order valence-electron chi connectivity index (χ2n) is 8.78. The maximum Gasteiger partial charge on any atom is 0.0402 e. The molecule has 0 amide bonds. The minimum atomic E-state index is 0.250. The maximum absolute atomic E-state index is 7.57. The Hall–Kier alpha value is -2.54. The van der Waals surface area contributed by atoms with Crippen molar-refractivity contribution in [2.24, 2.45) is 0 Å². The first kappa shape index (κ1) is 40.0. The zero-order valence-electron chi connectivity index (χ0n) is 26.1. The summed E-state index contributed by atoms with van der Waals surface area (Å²) < 4.78 is 0. The van der Waals surface area contributed by atoms with E-state index in [1.54, 1.807) is 6.92 Å². The Balaban J connectivity index is -0.000000740. The Bertz CT molecular complexity index is 773. The van der Waals surface area contributed by atoms with Gasteiger partial charge in [-0.25, -0.2) is 0 Å². The van der Waals surface area contributed by atoms with Crippen molar-refractivity contribution in [1.82, 2.24) is 10.6 Å². The van der Waals surface area contributed by atoms with Crippen LogP contribution in [0.4, 0.5) is 0 Å². The highest BCUT2D eigenvalue weighted by Crippen LogP contribution is 2.39. The Morgan fingerprint density at radius 3 is 1.76 bits per heavy atom. The van der Waals surface area contributed by atoms with Crippen molar-refractivity contribution in [3.8, 4) is 12.8 Å². The van der Waals surface area contributed by atoms with Gasteiger partial charge in [-0.05, 0) is 50.9 Å². The molecule has 0 heterocycles. The van der Waals surface area contributed by atoms with Crippen molar-refractivity contribution in [3.05, 3.63) is 77.9 Å². The lowest BCUT2D eigenvalue weighted by atomic mass is 9.69. The molecule has 0 atom stereocenters. The zero-order valence-corrected chi connectivity index (χ0v) is 26.1. The van der Waals surface area contributed by atoms with Crippen molar-refractivity contribution in [2.75, 3.05) is 26.7 Å². The highest BCUT2D eigenvalue weighted by Gasteiger charge is 2.33. The summed E-state index contributed by atoms with van der Waals surface area (Å²) in [5.41, 5.74) is 5.43. The van der Waals surface area contributed by atoms with Crippen LogP contribution in [0.2, 0.25) is 0 Å². The predicted octanol–water partition coefficient (Wildman–Crippen LogP) is 8.63. The Labute approximate surface area is 237 Å². The Morgan fingerprint density at radius 2 is 1.32 bits per heavy atom. The highest BCUT2D eigenvalue weighted by molar-refractivity contribution is 5.65. The standard InChI is InChI=1S/C23H29N.C3H9N.C3H8.C2H6O.C2H6.C2H2/c1-3-20-12-8-9-15-22(20)19(2)24-18-23(16-10-5-11-17-23)21-13-6-4-7-14-21;1-3-4-2;1-3-2;1-2-3;2*1-2/h4,6-9,12-15,24H,2-3,5,10-11,16-18H2,1H3;4H,3H2,1-2H3;3H2,1-2H3;3H,2H2,1H3;1-2H3;1-2H. The SMILES string of the molecule is C#C.C=C(NCC1(c2ccccc2)CCCCC1)c1ccccc1CC.CC.CCC.CCNC.CCO. The van der Waals surface area contributed by atoms with Crippen LogP contribution in [-0.4, -0.2) is 31.9 Å². The molecule has 1 aliphatic carbocycles. The molecule has 1 aliphatic rings. The number of nitrogens with one attached hydrogen (secondary N) is 2. The molecule has 2 aromatic rings. The van der Waals surface area contributed by atoms with E-state index in [4.69, 9.17) is 5.11 Å². The van der Waals surface area contributed by atoms with Gasteiger partial charge in [0.25, 0.3) is 0 Å². The van der Waals surface area contributed by atoms with E-state index in [9.17, 15) is 0 Å². The second-order valence-corrected chi connectivity index (χ2v) is 8.78. The topological polar surface area (TPSA) is 44.3 Å². The van der Waals surface area contributed by atoms with Crippen molar-refractivity contribution < 1.29 is 5.11 Å². The van der Waals surface area contributed by atoms with Crippen LogP contribution in [-0.2, 0) is 11.8 Å². The van der Waals surface area contributed by atoms with Crippen molar-refractivity contribution in [1.29, 1.82) is 0 Å². The number of terminal acetylenes is 1. The van der Waals surface area contributed by atoms with Crippen LogP contribution in [0.25, 0.3) is 5.70 Å². The first-order valence-electron chi connectivity index (χ1n) is 14.6. The number of benzene rings is 2. The van der Waals surface area contributed by atoms with Crippen LogP contribution in [0.5, 0.6) is 0 Å². The van der Waals surface area contributed by atoms with Gasteiger partial charge in [-0.1, -0.05) is 128 Å². The minimum Gasteiger partial charge on any atom is -0.397 e. The summed E-state index contributed by atoms with van der Waals surface area (Å²) >= 11 is 0. The molecule has 3 heteroatoms. The lowest BCUT2D eigenvalue weighted by Crippen LogP contribution is -2.39. The fraction of sp³-hybridized carbons (Fsp3) is 0.543. The first-order chi connectivity index (χ1) is 18.5. The molecule has 3 nitrogen and oxygen atoms in total. The Kier molecular flexibility index (Phi) is 30.5. The van der Waals surface area contributed by atoms with E-state index in [2.05, 4.69) is 112 Å². The average molecular weight is 525 g/mol. The summed E-state index contributed by atoms with van der Waals surface area (Å²) in [5, 5.41) is 14.2. The molecule has 0 radical (unpaired) electrons. The van der Waals surface area contributed by atoms with Crippen LogP contribution in [0, 0.1) is 12.8 Å². The van der Waals surface area contributed by atoms with Gasteiger partial charge in [-0.3, -0.25) is 0 Å². The Morgan fingerprint density at radius 1 is 0.868 bits per heavy atom. The molecule has 0 bridgehead atoms. The largest absolute Gasteiger partial charge is 0.397 e. The minimum absolute atomic E-state index is 0.250. The smallest absolute Gasteiger partial charge is 0.0402 e. The summed E-state index contributed by atoms with van der Waals surface area (Å²) in [4.78, 5) is 0. The average Bonchev–Trinajstić information content (AvgIpc) is 3.00. The molecule has 3 N–H and O–H groups in total. The molecule has 216 valence electrons. The maximum atomic E-state index is 7.57. The second kappa shape index (κ2) is 29.0. The van der Waals surface area contributed by atoms with E-state index in [0.717, 1.165) is 25.2 Å². The molecule has 2 aromatic carbocycles. The molecule has 1 saturated carbocycles. The van der Waals surface area contributed by atoms with E-state index < -0.39 is 0 Å². The van der Waals surface area contributed by atoms with Gasteiger partial charge in [0.1, 0.15) is 0 Å². The molecule has 1 fully saturated rings. The summed E-state index contributed by atoms with van der Waals surface area (Å²) in [6.45, 7) is 20.8. The van der Waals surface area contributed by atoms with E-state index in [1.165, 1.54) is 55.2 Å². The number of hydrogen-bond donors (Lipinski definition) is 3. The van der Waals surface area contributed by atoms with Gasteiger partial charge >= 0.3 is 0 Å². The number of hydrogen-bond acceptors (Lipinski definition) is 3.